The molecule has 1 N–H and O–H groups in total. The van der Waals surface area contributed by atoms with Crippen LogP contribution in [0, 0.1) is 0 Å². The number of aromatic nitrogens is 2. The maximum Gasteiger partial charge on any atom is 0.243 e. The van der Waals surface area contributed by atoms with Crippen molar-refractivity contribution in [3.8, 4) is 0 Å². The zero-order valence-corrected chi connectivity index (χ0v) is 22.8. The molecule has 3 aromatic rings. The number of hydrogen-bond acceptors (Lipinski definition) is 3. The van der Waals surface area contributed by atoms with Gasteiger partial charge in [-0.05, 0) is 56.7 Å². The SMILES string of the molecule is CC(NC(=O)CCc1ccccc1)c1nc2ccccc2n1CC(=O)N(C1CCCCC1)C1CCCCC1. The lowest BCUT2D eigenvalue weighted by Crippen LogP contribution is -2.50. The Bertz CT molecular complexity index is 1190. The van der Waals surface area contributed by atoms with Crippen LogP contribution in [0.25, 0.3) is 11.0 Å². The van der Waals surface area contributed by atoms with Crippen LogP contribution in [-0.2, 0) is 22.6 Å². The van der Waals surface area contributed by atoms with Gasteiger partial charge < -0.3 is 14.8 Å². The van der Waals surface area contributed by atoms with Gasteiger partial charge in [0.15, 0.2) is 0 Å². The first-order chi connectivity index (χ1) is 18.6. The molecule has 1 aromatic heterocycles. The minimum absolute atomic E-state index is 0.00248. The smallest absolute Gasteiger partial charge is 0.243 e. The van der Waals surface area contributed by atoms with Gasteiger partial charge in [-0.15, -0.1) is 0 Å². The van der Waals surface area contributed by atoms with Crippen LogP contribution in [0.1, 0.15) is 95.0 Å². The van der Waals surface area contributed by atoms with E-state index in [2.05, 4.69) is 14.8 Å². The molecule has 0 aliphatic heterocycles. The van der Waals surface area contributed by atoms with Crippen LogP contribution >= 0.6 is 0 Å². The van der Waals surface area contributed by atoms with Gasteiger partial charge in [0, 0.05) is 18.5 Å². The highest BCUT2D eigenvalue weighted by atomic mass is 16.2. The maximum absolute atomic E-state index is 14.1. The molecule has 2 aliphatic carbocycles. The van der Waals surface area contributed by atoms with Crippen LogP contribution in [0.15, 0.2) is 54.6 Å². The van der Waals surface area contributed by atoms with E-state index >= 15 is 0 Å². The molecule has 5 rings (SSSR count). The van der Waals surface area contributed by atoms with E-state index in [1.54, 1.807) is 0 Å². The Hall–Kier alpha value is -3.15. The van der Waals surface area contributed by atoms with Crippen LogP contribution in [0.5, 0.6) is 0 Å². The Morgan fingerprint density at radius 2 is 1.50 bits per heavy atom. The van der Waals surface area contributed by atoms with Crippen molar-refractivity contribution in [2.24, 2.45) is 0 Å². The number of hydrogen-bond donors (Lipinski definition) is 1. The summed E-state index contributed by atoms with van der Waals surface area (Å²) in [4.78, 5) is 34.1. The number of carbonyl (C=O) groups excluding carboxylic acids is 2. The molecule has 6 heteroatoms. The van der Waals surface area contributed by atoms with Crippen LogP contribution in [0.4, 0.5) is 0 Å². The number of para-hydroxylation sites is 2. The Morgan fingerprint density at radius 3 is 2.16 bits per heavy atom. The molecule has 0 radical (unpaired) electrons. The van der Waals surface area contributed by atoms with E-state index in [0.29, 0.717) is 24.9 Å². The molecule has 0 bridgehead atoms. The van der Waals surface area contributed by atoms with Crippen LogP contribution < -0.4 is 5.32 Å². The molecule has 0 spiro atoms. The van der Waals surface area contributed by atoms with Gasteiger partial charge in [0.25, 0.3) is 0 Å². The molecule has 6 nitrogen and oxygen atoms in total. The number of nitrogens with one attached hydrogen (secondary N) is 1. The van der Waals surface area contributed by atoms with Crippen molar-refractivity contribution in [3.05, 3.63) is 66.0 Å². The quantitative estimate of drug-likeness (QED) is 0.362. The Kier molecular flexibility index (Phi) is 8.77. The van der Waals surface area contributed by atoms with Gasteiger partial charge in [-0.1, -0.05) is 81.0 Å². The number of amides is 2. The largest absolute Gasteiger partial charge is 0.346 e. The minimum Gasteiger partial charge on any atom is -0.346 e. The van der Waals surface area contributed by atoms with Gasteiger partial charge in [0.05, 0.1) is 17.1 Å². The predicted molar refractivity (Wildman–Crippen MR) is 152 cm³/mol. The molecule has 202 valence electrons. The molecule has 1 unspecified atom stereocenters. The zero-order chi connectivity index (χ0) is 26.3. The molecule has 2 aliphatic rings. The first kappa shape index (κ1) is 26.5. The van der Waals surface area contributed by atoms with Crippen molar-refractivity contribution in [3.63, 3.8) is 0 Å². The van der Waals surface area contributed by atoms with Crippen molar-refractivity contribution < 1.29 is 9.59 Å². The molecular formula is C32H42N4O2. The van der Waals surface area contributed by atoms with E-state index in [1.165, 1.54) is 38.5 Å². The normalized spacial score (nSPS) is 17.8. The van der Waals surface area contributed by atoms with E-state index in [0.717, 1.165) is 48.1 Å². The zero-order valence-electron chi connectivity index (χ0n) is 22.8. The molecule has 1 atom stereocenters. The Morgan fingerprint density at radius 1 is 0.895 bits per heavy atom. The summed E-state index contributed by atoms with van der Waals surface area (Å²) in [6.45, 7) is 2.25. The summed E-state index contributed by atoms with van der Waals surface area (Å²) in [5, 5.41) is 3.15. The average Bonchev–Trinajstić information content (AvgIpc) is 3.32. The van der Waals surface area contributed by atoms with Crippen LogP contribution in [-0.4, -0.2) is 38.3 Å². The lowest BCUT2D eigenvalue weighted by atomic mass is 9.88. The fourth-order valence-electron chi connectivity index (χ4n) is 6.51. The Balaban J connectivity index is 1.35. The van der Waals surface area contributed by atoms with Gasteiger partial charge in [0.2, 0.25) is 11.8 Å². The summed E-state index contributed by atoms with van der Waals surface area (Å²) < 4.78 is 2.05. The summed E-state index contributed by atoms with van der Waals surface area (Å²) in [6.07, 6.45) is 13.0. The van der Waals surface area contributed by atoms with Crippen LogP contribution in [0.2, 0.25) is 0 Å². The summed E-state index contributed by atoms with van der Waals surface area (Å²) in [5.41, 5.74) is 2.97. The van der Waals surface area contributed by atoms with Gasteiger partial charge in [-0.2, -0.15) is 0 Å². The van der Waals surface area contributed by atoms with Crippen molar-refractivity contribution in [1.29, 1.82) is 0 Å². The summed E-state index contributed by atoms with van der Waals surface area (Å²) in [6, 6.07) is 18.5. The maximum atomic E-state index is 14.1. The minimum atomic E-state index is -0.295. The standard InChI is InChI=1S/C32H42N4O2/c1-24(33-30(37)22-21-25-13-5-2-6-14-25)32-34-28-19-11-12-20-29(28)35(32)23-31(38)36(26-15-7-3-8-16-26)27-17-9-4-10-18-27/h2,5-6,11-14,19-20,24,26-27H,3-4,7-10,15-18,21-23H2,1H3,(H,33,37). The molecule has 1 heterocycles. The molecule has 38 heavy (non-hydrogen) atoms. The summed E-state index contributed by atoms with van der Waals surface area (Å²) in [5.74, 6) is 0.952. The lowest BCUT2D eigenvalue weighted by molar-refractivity contribution is -0.138. The predicted octanol–water partition coefficient (Wildman–Crippen LogP) is 6.34. The first-order valence-corrected chi connectivity index (χ1v) is 14.7. The van der Waals surface area contributed by atoms with Crippen molar-refractivity contribution >= 4 is 22.8 Å². The van der Waals surface area contributed by atoms with Gasteiger partial charge in [-0.25, -0.2) is 4.98 Å². The lowest BCUT2D eigenvalue weighted by Gasteiger charge is -2.42. The first-order valence-electron chi connectivity index (χ1n) is 14.7. The number of rotatable bonds is 9. The molecule has 0 saturated heterocycles. The van der Waals surface area contributed by atoms with Crippen molar-refractivity contribution in [2.75, 3.05) is 0 Å². The highest BCUT2D eigenvalue weighted by molar-refractivity contribution is 5.82. The van der Waals surface area contributed by atoms with Gasteiger partial charge >= 0.3 is 0 Å². The number of imidazole rings is 1. The van der Waals surface area contributed by atoms with Gasteiger partial charge in [0.1, 0.15) is 12.4 Å². The van der Waals surface area contributed by atoms with E-state index < -0.39 is 0 Å². The third-order valence-electron chi connectivity index (χ3n) is 8.45. The topological polar surface area (TPSA) is 67.2 Å². The highest BCUT2D eigenvalue weighted by Crippen LogP contribution is 2.31. The molecule has 2 amide bonds. The summed E-state index contributed by atoms with van der Waals surface area (Å²) >= 11 is 0. The van der Waals surface area contributed by atoms with E-state index in [1.807, 2.05) is 61.5 Å². The number of benzene rings is 2. The van der Waals surface area contributed by atoms with Crippen LogP contribution in [0.3, 0.4) is 0 Å². The van der Waals surface area contributed by atoms with E-state index in [4.69, 9.17) is 4.98 Å². The number of fused-ring (bicyclic) bond motifs is 1. The number of carbonyl (C=O) groups is 2. The monoisotopic (exact) mass is 514 g/mol. The third kappa shape index (κ3) is 6.28. The highest BCUT2D eigenvalue weighted by Gasteiger charge is 2.33. The molecule has 2 aromatic carbocycles. The second kappa shape index (κ2) is 12.6. The molecular weight excluding hydrogens is 472 g/mol. The Labute approximate surface area is 226 Å². The second-order valence-electron chi connectivity index (χ2n) is 11.2. The average molecular weight is 515 g/mol. The second-order valence-corrected chi connectivity index (χ2v) is 11.2. The fourth-order valence-corrected chi connectivity index (χ4v) is 6.51. The van der Waals surface area contributed by atoms with Crippen molar-refractivity contribution in [1.82, 2.24) is 19.8 Å². The van der Waals surface area contributed by atoms with Gasteiger partial charge in [-0.3, -0.25) is 9.59 Å². The van der Waals surface area contributed by atoms with E-state index in [-0.39, 0.29) is 24.4 Å². The number of nitrogens with zero attached hydrogens (tertiary/aromatic N) is 3. The molecule has 2 fully saturated rings. The molecule has 2 saturated carbocycles. The van der Waals surface area contributed by atoms with Crippen molar-refractivity contribution in [2.45, 2.75) is 109 Å². The summed E-state index contributed by atoms with van der Waals surface area (Å²) in [7, 11) is 0. The fraction of sp³-hybridized carbons (Fsp3) is 0.531. The number of aryl methyl sites for hydroxylation is 1. The third-order valence-corrected chi connectivity index (χ3v) is 8.45. The van der Waals surface area contributed by atoms with E-state index in [9.17, 15) is 9.59 Å².